The van der Waals surface area contributed by atoms with E-state index < -0.39 is 28.1 Å². The predicted molar refractivity (Wildman–Crippen MR) is 170 cm³/mol. The molecule has 1 aliphatic rings. The lowest BCUT2D eigenvalue weighted by Gasteiger charge is -2.38. The van der Waals surface area contributed by atoms with Crippen LogP contribution in [0.5, 0.6) is 5.75 Å². The Morgan fingerprint density at radius 1 is 1.16 bits per heavy atom. The lowest BCUT2D eigenvalue weighted by atomic mass is 9.99. The predicted octanol–water partition coefficient (Wildman–Crippen LogP) is 4.63. The zero-order valence-corrected chi connectivity index (χ0v) is 26.6. The standard InChI is InChI=1S/C32H37N5O7S/c1-19-16-37(20(2)18-38)31(39)26-15-24(35-45(41,42)30-21(3)34-44-22(30)4)13-14-28(26)43-29(19)17-36(5)32(40)33-27-12-8-10-23-9-6-7-11-25(23)27/h6-15,19-20,29,35,38H,16-18H2,1-5H3,(H,33,40)/t19-,20+,29+/m1/s1. The van der Waals surface area contributed by atoms with Crippen LogP contribution in [-0.4, -0.2) is 79.3 Å². The van der Waals surface area contributed by atoms with Crippen molar-refractivity contribution in [2.45, 2.75) is 44.7 Å². The Kier molecular flexibility index (Phi) is 9.03. The first kappa shape index (κ1) is 31.8. The van der Waals surface area contributed by atoms with Gasteiger partial charge in [0, 0.05) is 30.6 Å². The third-order valence-corrected chi connectivity index (χ3v) is 9.61. The Bertz CT molecular complexity index is 1820. The Hall–Kier alpha value is -4.62. The van der Waals surface area contributed by atoms with E-state index >= 15 is 0 Å². The molecule has 0 unspecified atom stereocenters. The molecular formula is C32H37N5O7S. The number of carbonyl (C=O) groups is 2. The third-order valence-electron chi connectivity index (χ3n) is 7.99. The molecule has 0 radical (unpaired) electrons. The number of benzene rings is 3. The van der Waals surface area contributed by atoms with Crippen LogP contribution in [0.25, 0.3) is 10.8 Å². The van der Waals surface area contributed by atoms with Gasteiger partial charge in [-0.3, -0.25) is 9.52 Å². The van der Waals surface area contributed by atoms with Crippen molar-refractivity contribution in [2.24, 2.45) is 5.92 Å². The topological polar surface area (TPSA) is 154 Å². The Balaban J connectivity index is 1.42. The van der Waals surface area contributed by atoms with Gasteiger partial charge in [-0.15, -0.1) is 0 Å². The number of hydrogen-bond donors (Lipinski definition) is 3. The summed E-state index contributed by atoms with van der Waals surface area (Å²) < 4.78 is 40.2. The van der Waals surface area contributed by atoms with Crippen LogP contribution < -0.4 is 14.8 Å². The molecule has 0 bridgehead atoms. The van der Waals surface area contributed by atoms with Crippen molar-refractivity contribution in [1.82, 2.24) is 15.0 Å². The smallest absolute Gasteiger partial charge is 0.321 e. The van der Waals surface area contributed by atoms with Crippen molar-refractivity contribution in [1.29, 1.82) is 0 Å². The number of likely N-dealkylation sites (N-methyl/N-ethyl adjacent to an activating group) is 1. The van der Waals surface area contributed by atoms with Crippen molar-refractivity contribution < 1.29 is 32.4 Å². The number of aromatic nitrogens is 1. The van der Waals surface area contributed by atoms with Gasteiger partial charge in [-0.05, 0) is 50.4 Å². The van der Waals surface area contributed by atoms with E-state index in [1.165, 1.54) is 36.9 Å². The van der Waals surface area contributed by atoms with Gasteiger partial charge in [-0.25, -0.2) is 13.2 Å². The average Bonchev–Trinajstić information content (AvgIpc) is 3.37. The molecule has 45 heavy (non-hydrogen) atoms. The molecule has 5 rings (SSSR count). The molecule has 2 heterocycles. The van der Waals surface area contributed by atoms with Crippen LogP contribution in [0.1, 0.15) is 35.7 Å². The molecular weight excluding hydrogens is 598 g/mol. The van der Waals surface area contributed by atoms with E-state index in [0.717, 1.165) is 10.8 Å². The van der Waals surface area contributed by atoms with E-state index in [1.807, 2.05) is 49.4 Å². The van der Waals surface area contributed by atoms with Crippen molar-refractivity contribution in [3.8, 4) is 5.75 Å². The molecule has 238 valence electrons. The Morgan fingerprint density at radius 3 is 2.60 bits per heavy atom. The van der Waals surface area contributed by atoms with Crippen LogP contribution in [-0.2, 0) is 10.0 Å². The summed E-state index contributed by atoms with van der Waals surface area (Å²) in [7, 11) is -2.41. The number of aliphatic hydroxyl groups is 1. The van der Waals surface area contributed by atoms with E-state index in [4.69, 9.17) is 9.26 Å². The number of amides is 3. The highest BCUT2D eigenvalue weighted by molar-refractivity contribution is 7.92. The van der Waals surface area contributed by atoms with Gasteiger partial charge in [0.05, 0.1) is 30.4 Å². The molecule has 0 spiro atoms. The normalized spacial score (nSPS) is 17.6. The number of urea groups is 1. The molecule has 4 aromatic rings. The number of fused-ring (bicyclic) bond motifs is 2. The number of carbonyl (C=O) groups excluding carboxylic acids is 2. The van der Waals surface area contributed by atoms with Gasteiger partial charge in [0.2, 0.25) is 0 Å². The second kappa shape index (κ2) is 12.8. The quantitative estimate of drug-likeness (QED) is 0.253. The summed E-state index contributed by atoms with van der Waals surface area (Å²) in [5.74, 6) is -0.284. The van der Waals surface area contributed by atoms with E-state index in [9.17, 15) is 23.1 Å². The van der Waals surface area contributed by atoms with E-state index in [0.29, 0.717) is 5.69 Å². The first-order chi connectivity index (χ1) is 21.4. The second-order valence-electron chi connectivity index (χ2n) is 11.4. The molecule has 3 N–H and O–H groups in total. The van der Waals surface area contributed by atoms with E-state index in [-0.39, 0.29) is 65.0 Å². The van der Waals surface area contributed by atoms with E-state index in [1.54, 1.807) is 18.9 Å². The minimum atomic E-state index is -4.07. The summed E-state index contributed by atoms with van der Waals surface area (Å²) in [6, 6.07) is 17.1. The fourth-order valence-electron chi connectivity index (χ4n) is 5.47. The zero-order valence-electron chi connectivity index (χ0n) is 25.8. The first-order valence-corrected chi connectivity index (χ1v) is 16.1. The summed E-state index contributed by atoms with van der Waals surface area (Å²) in [6.45, 7) is 6.83. The summed E-state index contributed by atoms with van der Waals surface area (Å²) in [4.78, 5) is 30.1. The number of aliphatic hydroxyl groups excluding tert-OH is 1. The molecule has 3 atom stereocenters. The third kappa shape index (κ3) is 6.59. The number of ether oxygens (including phenoxy) is 1. The maximum atomic E-state index is 13.8. The summed E-state index contributed by atoms with van der Waals surface area (Å²) in [5.41, 5.74) is 1.15. The fraction of sp³-hybridized carbons (Fsp3) is 0.344. The van der Waals surface area contributed by atoms with E-state index in [2.05, 4.69) is 15.2 Å². The summed E-state index contributed by atoms with van der Waals surface area (Å²) in [5, 5.41) is 18.6. The molecule has 1 aliphatic heterocycles. The highest BCUT2D eigenvalue weighted by Gasteiger charge is 2.34. The number of nitrogens with zero attached hydrogens (tertiary/aromatic N) is 3. The maximum Gasteiger partial charge on any atom is 0.321 e. The van der Waals surface area contributed by atoms with Gasteiger partial charge in [-0.1, -0.05) is 48.5 Å². The van der Waals surface area contributed by atoms with Gasteiger partial charge in [-0.2, -0.15) is 0 Å². The van der Waals surface area contributed by atoms with Gasteiger partial charge >= 0.3 is 6.03 Å². The van der Waals surface area contributed by atoms with Gasteiger partial charge in [0.15, 0.2) is 10.7 Å². The zero-order chi connectivity index (χ0) is 32.5. The molecule has 13 heteroatoms. The molecule has 0 saturated heterocycles. The fourth-order valence-corrected chi connectivity index (χ4v) is 6.85. The van der Waals surface area contributed by atoms with Crippen molar-refractivity contribution >= 4 is 44.1 Å². The Labute approximate surface area is 262 Å². The Morgan fingerprint density at radius 2 is 1.89 bits per heavy atom. The maximum absolute atomic E-state index is 13.8. The number of rotatable bonds is 8. The molecule has 3 amide bonds. The van der Waals surface area contributed by atoms with Gasteiger partial charge in [0.25, 0.3) is 15.9 Å². The molecule has 0 aliphatic carbocycles. The van der Waals surface area contributed by atoms with Crippen LogP contribution in [0.2, 0.25) is 0 Å². The van der Waals surface area contributed by atoms with Gasteiger partial charge in [0.1, 0.15) is 17.5 Å². The molecule has 3 aromatic carbocycles. The summed E-state index contributed by atoms with van der Waals surface area (Å²) in [6.07, 6.45) is -0.543. The monoisotopic (exact) mass is 635 g/mol. The van der Waals surface area contributed by atoms with Crippen molar-refractivity contribution in [3.63, 3.8) is 0 Å². The summed E-state index contributed by atoms with van der Waals surface area (Å²) >= 11 is 0. The van der Waals surface area contributed by atoms with Crippen LogP contribution in [0, 0.1) is 19.8 Å². The molecule has 0 fully saturated rings. The minimum absolute atomic E-state index is 0.0777. The number of anilines is 2. The van der Waals surface area contributed by atoms with Crippen LogP contribution in [0.15, 0.2) is 70.1 Å². The lowest BCUT2D eigenvalue weighted by molar-refractivity contribution is 0.0371. The van der Waals surface area contributed by atoms with Crippen LogP contribution in [0.4, 0.5) is 16.2 Å². The SMILES string of the molecule is Cc1noc(C)c1S(=O)(=O)Nc1ccc2c(c1)C(=O)N([C@@H](C)CO)C[C@@H](C)[C@H](CN(C)C(=O)Nc1cccc3ccccc13)O2. The second-order valence-corrected chi connectivity index (χ2v) is 13.0. The lowest BCUT2D eigenvalue weighted by Crippen LogP contribution is -2.50. The molecule has 0 saturated carbocycles. The first-order valence-electron chi connectivity index (χ1n) is 14.6. The number of hydrogen-bond acceptors (Lipinski definition) is 8. The largest absolute Gasteiger partial charge is 0.487 e. The minimum Gasteiger partial charge on any atom is -0.487 e. The molecule has 1 aromatic heterocycles. The van der Waals surface area contributed by atoms with Gasteiger partial charge < -0.3 is 29.5 Å². The van der Waals surface area contributed by atoms with Crippen molar-refractivity contribution in [3.05, 3.63) is 77.7 Å². The van der Waals surface area contributed by atoms with Crippen LogP contribution >= 0.6 is 0 Å². The van der Waals surface area contributed by atoms with Crippen molar-refractivity contribution in [2.75, 3.05) is 36.8 Å². The number of aryl methyl sites for hydroxylation is 2. The molecule has 12 nitrogen and oxygen atoms in total. The number of sulfonamides is 1. The highest BCUT2D eigenvalue weighted by atomic mass is 32.2. The number of nitrogens with one attached hydrogen (secondary N) is 2. The average molecular weight is 636 g/mol. The van der Waals surface area contributed by atoms with Crippen LogP contribution in [0.3, 0.4) is 0 Å². The highest BCUT2D eigenvalue weighted by Crippen LogP contribution is 2.32.